The lowest BCUT2D eigenvalue weighted by Crippen LogP contribution is -2.39. The van der Waals surface area contributed by atoms with Crippen LogP contribution in [0.15, 0.2) is 27.5 Å². The van der Waals surface area contributed by atoms with Crippen molar-refractivity contribution in [2.75, 3.05) is 0 Å². The average molecular weight is 442 g/mol. The van der Waals surface area contributed by atoms with E-state index < -0.39 is 5.41 Å². The average Bonchev–Trinajstić information content (AvgIpc) is 2.88. The van der Waals surface area contributed by atoms with Crippen LogP contribution in [0.3, 0.4) is 0 Å². The first-order valence-electron chi connectivity index (χ1n) is 8.64. The van der Waals surface area contributed by atoms with Gasteiger partial charge in [0.15, 0.2) is 0 Å². The smallest absolute Gasteiger partial charge is 0.275 e. The SMILES string of the molecule is CC(C)c1nn(CC(=O)NC2CCC(F)(P)C2)c(=O)c2ccc(Br)cc12. The summed E-state index contributed by atoms with van der Waals surface area (Å²) in [5, 5.41) is 7.26. The van der Waals surface area contributed by atoms with Crippen molar-refractivity contribution in [3.8, 4) is 0 Å². The number of nitrogens with zero attached hydrogens (tertiary/aromatic N) is 2. The first-order valence-corrected chi connectivity index (χ1v) is 10.0. The highest BCUT2D eigenvalue weighted by Gasteiger charge is 2.35. The zero-order chi connectivity index (χ0) is 19.1. The zero-order valence-corrected chi connectivity index (χ0v) is 17.5. The summed E-state index contributed by atoms with van der Waals surface area (Å²) in [6, 6.07) is 5.21. The van der Waals surface area contributed by atoms with Crippen LogP contribution in [0.1, 0.15) is 44.7 Å². The van der Waals surface area contributed by atoms with Crippen LogP contribution in [-0.4, -0.2) is 27.1 Å². The molecule has 1 heterocycles. The number of nitrogens with one attached hydrogen (secondary N) is 1. The lowest BCUT2D eigenvalue weighted by molar-refractivity contribution is -0.122. The fourth-order valence-electron chi connectivity index (χ4n) is 3.38. The molecule has 8 heteroatoms. The third-order valence-corrected chi connectivity index (χ3v) is 5.67. The van der Waals surface area contributed by atoms with Crippen LogP contribution < -0.4 is 10.9 Å². The lowest BCUT2D eigenvalue weighted by atomic mass is 10.0. The largest absolute Gasteiger partial charge is 0.352 e. The second-order valence-corrected chi connectivity index (χ2v) is 9.18. The van der Waals surface area contributed by atoms with E-state index in [0.29, 0.717) is 18.2 Å². The summed E-state index contributed by atoms with van der Waals surface area (Å²) in [6.07, 6.45) is 1.27. The van der Waals surface area contributed by atoms with Crippen molar-refractivity contribution in [1.82, 2.24) is 15.1 Å². The molecule has 1 amide bonds. The van der Waals surface area contributed by atoms with Crippen LogP contribution in [0, 0.1) is 0 Å². The second kappa shape index (κ2) is 7.35. The van der Waals surface area contributed by atoms with E-state index >= 15 is 0 Å². The van der Waals surface area contributed by atoms with Crippen molar-refractivity contribution in [3.05, 3.63) is 38.7 Å². The van der Waals surface area contributed by atoms with Gasteiger partial charge in [-0.2, -0.15) is 5.10 Å². The minimum atomic E-state index is -1.31. The summed E-state index contributed by atoms with van der Waals surface area (Å²) < 4.78 is 16.0. The summed E-state index contributed by atoms with van der Waals surface area (Å²) >= 11 is 3.42. The minimum Gasteiger partial charge on any atom is -0.352 e. The third-order valence-electron chi connectivity index (χ3n) is 4.65. The quantitative estimate of drug-likeness (QED) is 0.738. The van der Waals surface area contributed by atoms with E-state index in [2.05, 4.69) is 35.6 Å². The molecular formula is C18H22BrFN3O2P. The number of fused-ring (bicyclic) bond motifs is 1. The summed E-state index contributed by atoms with van der Waals surface area (Å²) in [5.41, 5.74) is 0.464. The Morgan fingerprint density at radius 3 is 2.85 bits per heavy atom. The Labute approximate surface area is 162 Å². The van der Waals surface area contributed by atoms with Gasteiger partial charge in [-0.3, -0.25) is 9.59 Å². The Kier molecular flexibility index (Phi) is 5.50. The predicted molar refractivity (Wildman–Crippen MR) is 107 cm³/mol. The summed E-state index contributed by atoms with van der Waals surface area (Å²) in [7, 11) is 2.21. The Morgan fingerprint density at radius 1 is 1.50 bits per heavy atom. The van der Waals surface area contributed by atoms with Gasteiger partial charge in [-0.15, -0.1) is 0 Å². The molecule has 1 aliphatic rings. The number of aromatic nitrogens is 2. The fraction of sp³-hybridized carbons (Fsp3) is 0.500. The van der Waals surface area contributed by atoms with Gasteiger partial charge in [0.25, 0.3) is 5.56 Å². The van der Waals surface area contributed by atoms with Crippen LogP contribution in [-0.2, 0) is 11.3 Å². The molecular weight excluding hydrogens is 420 g/mol. The van der Waals surface area contributed by atoms with Gasteiger partial charge >= 0.3 is 0 Å². The van der Waals surface area contributed by atoms with Gasteiger partial charge in [0.2, 0.25) is 5.91 Å². The van der Waals surface area contributed by atoms with Gasteiger partial charge in [0.1, 0.15) is 12.0 Å². The number of halogens is 2. The molecule has 3 atom stereocenters. The molecule has 0 aliphatic heterocycles. The molecule has 3 unspecified atom stereocenters. The van der Waals surface area contributed by atoms with Crippen LogP contribution in [0.2, 0.25) is 0 Å². The highest BCUT2D eigenvalue weighted by Crippen LogP contribution is 2.39. The molecule has 2 aromatic rings. The van der Waals surface area contributed by atoms with Gasteiger partial charge in [-0.25, -0.2) is 9.07 Å². The molecule has 1 saturated carbocycles. The Balaban J connectivity index is 1.88. The fourth-order valence-corrected chi connectivity index (χ4v) is 4.19. The molecule has 5 nitrogen and oxygen atoms in total. The first-order chi connectivity index (χ1) is 12.2. The number of hydrogen-bond donors (Lipinski definition) is 1. The molecule has 1 aromatic carbocycles. The van der Waals surface area contributed by atoms with Crippen molar-refractivity contribution in [1.29, 1.82) is 0 Å². The molecule has 0 spiro atoms. The Hall–Kier alpha value is -1.33. The third kappa shape index (κ3) is 4.15. The van der Waals surface area contributed by atoms with Gasteiger partial charge in [0.05, 0.1) is 11.1 Å². The molecule has 1 fully saturated rings. The van der Waals surface area contributed by atoms with Gasteiger partial charge < -0.3 is 5.32 Å². The van der Waals surface area contributed by atoms with Gasteiger partial charge in [0, 0.05) is 22.3 Å². The zero-order valence-electron chi connectivity index (χ0n) is 14.8. The summed E-state index contributed by atoms with van der Waals surface area (Å²) in [4.78, 5) is 25.1. The number of alkyl halides is 1. The highest BCUT2D eigenvalue weighted by molar-refractivity contribution is 9.10. The maximum Gasteiger partial charge on any atom is 0.275 e. The van der Waals surface area contributed by atoms with Crippen LogP contribution in [0.5, 0.6) is 0 Å². The normalized spacial score (nSPS) is 22.9. The van der Waals surface area contributed by atoms with Crippen molar-refractivity contribution in [3.63, 3.8) is 0 Å². The molecule has 3 rings (SSSR count). The maximum atomic E-state index is 13.9. The first kappa shape index (κ1) is 19.4. The Bertz CT molecular complexity index is 913. The monoisotopic (exact) mass is 441 g/mol. The van der Waals surface area contributed by atoms with E-state index in [1.165, 1.54) is 4.68 Å². The van der Waals surface area contributed by atoms with Crippen LogP contribution in [0.25, 0.3) is 10.8 Å². The lowest BCUT2D eigenvalue weighted by Gasteiger charge is -2.16. The van der Waals surface area contributed by atoms with E-state index in [1.807, 2.05) is 19.9 Å². The number of rotatable bonds is 4. The van der Waals surface area contributed by atoms with Gasteiger partial charge in [-0.1, -0.05) is 39.0 Å². The van der Waals surface area contributed by atoms with Crippen molar-refractivity contribution >= 4 is 41.8 Å². The predicted octanol–water partition coefficient (Wildman–Crippen LogP) is 3.49. The molecule has 140 valence electrons. The summed E-state index contributed by atoms with van der Waals surface area (Å²) in [6.45, 7) is 3.82. The molecule has 26 heavy (non-hydrogen) atoms. The van der Waals surface area contributed by atoms with Crippen LogP contribution in [0.4, 0.5) is 4.39 Å². The van der Waals surface area contributed by atoms with E-state index in [9.17, 15) is 14.0 Å². The topological polar surface area (TPSA) is 64.0 Å². The molecule has 1 aliphatic carbocycles. The van der Waals surface area contributed by atoms with Crippen molar-refractivity contribution < 1.29 is 9.18 Å². The van der Waals surface area contributed by atoms with E-state index in [0.717, 1.165) is 15.6 Å². The standard InChI is InChI=1S/C18H22BrFN3O2P/c1-10(2)16-14-7-11(19)3-4-13(14)17(25)23(22-16)9-15(24)21-12-5-6-18(20,26)8-12/h3-4,7,10,12H,5-6,8-9,26H2,1-2H3,(H,21,24). The number of carbonyl (C=O) groups is 1. The second-order valence-electron chi connectivity index (χ2n) is 7.23. The van der Waals surface area contributed by atoms with Gasteiger partial charge in [-0.05, 0) is 37.0 Å². The Morgan fingerprint density at radius 2 is 2.23 bits per heavy atom. The van der Waals surface area contributed by atoms with E-state index in [-0.39, 0.29) is 36.4 Å². The van der Waals surface area contributed by atoms with Crippen LogP contribution >= 0.6 is 25.2 Å². The molecule has 0 bridgehead atoms. The van der Waals surface area contributed by atoms with Crippen molar-refractivity contribution in [2.24, 2.45) is 0 Å². The number of carbonyl (C=O) groups excluding carboxylic acids is 1. The molecule has 0 saturated heterocycles. The summed E-state index contributed by atoms with van der Waals surface area (Å²) in [5.74, 6) is -0.223. The maximum absolute atomic E-state index is 13.9. The molecule has 0 radical (unpaired) electrons. The highest BCUT2D eigenvalue weighted by atomic mass is 79.9. The molecule has 1 aromatic heterocycles. The minimum absolute atomic E-state index is 0.0980. The molecule has 1 N–H and O–H groups in total. The number of hydrogen-bond acceptors (Lipinski definition) is 3. The van der Waals surface area contributed by atoms with E-state index in [4.69, 9.17) is 0 Å². The number of amides is 1. The number of benzene rings is 1. The van der Waals surface area contributed by atoms with Crippen molar-refractivity contribution in [2.45, 2.75) is 57.0 Å². The van der Waals surface area contributed by atoms with E-state index in [1.54, 1.807) is 12.1 Å².